The van der Waals surface area contributed by atoms with Crippen LogP contribution < -0.4 is 0 Å². The van der Waals surface area contributed by atoms with Crippen LogP contribution in [-0.4, -0.2) is 50.4 Å². The summed E-state index contributed by atoms with van der Waals surface area (Å²) in [6.07, 6.45) is 0.00740. The highest BCUT2D eigenvalue weighted by atomic mass is 16.5. The first-order valence-electron chi connectivity index (χ1n) is 10.2. The number of nitrogens with zero attached hydrogens (tertiary/aromatic N) is 4. The van der Waals surface area contributed by atoms with Crippen LogP contribution in [0, 0.1) is 6.92 Å². The van der Waals surface area contributed by atoms with E-state index >= 15 is 0 Å². The van der Waals surface area contributed by atoms with E-state index in [1.807, 2.05) is 43.3 Å². The number of amides is 1. The lowest BCUT2D eigenvalue weighted by Gasteiger charge is -2.41. The van der Waals surface area contributed by atoms with Crippen LogP contribution in [0.25, 0.3) is 11.0 Å². The molecule has 3 rings (SSSR count). The quantitative estimate of drug-likeness (QED) is 0.774. The third-order valence-electron chi connectivity index (χ3n) is 5.15. The van der Waals surface area contributed by atoms with Crippen LogP contribution in [0.1, 0.15) is 83.1 Å². The van der Waals surface area contributed by atoms with Gasteiger partial charge in [-0.1, -0.05) is 13.8 Å². The number of aryl methyl sites for hydroxylation is 1. The van der Waals surface area contributed by atoms with Gasteiger partial charge in [0.1, 0.15) is 0 Å². The molecule has 0 aliphatic carbocycles. The molecule has 0 saturated carbocycles. The molecule has 6 nitrogen and oxygen atoms in total. The molecule has 2 aromatic heterocycles. The Bertz CT molecular complexity index is 905. The molecule has 1 aliphatic rings. The summed E-state index contributed by atoms with van der Waals surface area (Å²) in [5, 5.41) is 5.61. The number of hydrogen-bond acceptors (Lipinski definition) is 4. The molecule has 2 aromatic rings. The van der Waals surface area contributed by atoms with Crippen molar-refractivity contribution < 1.29 is 9.53 Å². The van der Waals surface area contributed by atoms with Gasteiger partial charge in [0.25, 0.3) is 5.91 Å². The highest BCUT2D eigenvalue weighted by Crippen LogP contribution is 2.31. The van der Waals surface area contributed by atoms with E-state index in [4.69, 9.17) is 14.8 Å². The Morgan fingerprint density at radius 3 is 2.50 bits per heavy atom. The zero-order valence-corrected chi connectivity index (χ0v) is 18.8. The number of carbonyl (C=O) groups excluding carboxylic acids is 1. The number of aromatic nitrogens is 3. The Hall–Kier alpha value is -1.95. The standard InChI is InChI=1S/C22H34N4O2/c1-13(2)17-10-16(20(27)25-11-14(3)28-22(8,9)12-25)18-15(4)24-26(19(18)23-17)21(5,6)7/h10,13-14H,11-12H2,1-9H3. The van der Waals surface area contributed by atoms with Gasteiger partial charge in [-0.05, 0) is 60.5 Å². The lowest BCUT2D eigenvalue weighted by molar-refractivity contribution is -0.118. The van der Waals surface area contributed by atoms with Crippen molar-refractivity contribution in [2.45, 2.75) is 85.5 Å². The maximum absolute atomic E-state index is 13.6. The lowest BCUT2D eigenvalue weighted by atomic mass is 10.0. The second kappa shape index (κ2) is 6.83. The first-order chi connectivity index (χ1) is 12.8. The van der Waals surface area contributed by atoms with E-state index in [1.165, 1.54) is 0 Å². The van der Waals surface area contributed by atoms with Crippen LogP contribution in [0.5, 0.6) is 0 Å². The average Bonchev–Trinajstić information content (AvgIpc) is 2.88. The van der Waals surface area contributed by atoms with Crippen molar-refractivity contribution in [2.24, 2.45) is 0 Å². The molecule has 1 amide bonds. The zero-order valence-electron chi connectivity index (χ0n) is 18.8. The van der Waals surface area contributed by atoms with Crippen molar-refractivity contribution in [2.75, 3.05) is 13.1 Å². The van der Waals surface area contributed by atoms with E-state index in [9.17, 15) is 4.79 Å². The molecule has 0 radical (unpaired) electrons. The largest absolute Gasteiger partial charge is 0.369 e. The number of hydrogen-bond donors (Lipinski definition) is 0. The molecule has 6 heteroatoms. The van der Waals surface area contributed by atoms with Crippen LogP contribution in [0.4, 0.5) is 0 Å². The predicted octanol–water partition coefficient (Wildman–Crippen LogP) is 4.26. The molecule has 28 heavy (non-hydrogen) atoms. The van der Waals surface area contributed by atoms with E-state index < -0.39 is 0 Å². The highest BCUT2D eigenvalue weighted by molar-refractivity contribution is 6.06. The summed E-state index contributed by atoms with van der Waals surface area (Å²) in [5.74, 6) is 0.258. The predicted molar refractivity (Wildman–Crippen MR) is 112 cm³/mol. The fourth-order valence-electron chi connectivity index (χ4n) is 4.02. The van der Waals surface area contributed by atoms with Gasteiger partial charge in [-0.15, -0.1) is 0 Å². The summed E-state index contributed by atoms with van der Waals surface area (Å²) in [6.45, 7) is 19.7. The molecule has 154 valence electrons. The zero-order chi connectivity index (χ0) is 21.0. The van der Waals surface area contributed by atoms with Crippen LogP contribution in [0.15, 0.2) is 6.07 Å². The smallest absolute Gasteiger partial charge is 0.254 e. The van der Waals surface area contributed by atoms with Crippen molar-refractivity contribution in [3.63, 3.8) is 0 Å². The SMILES string of the molecule is Cc1nn(C(C)(C)C)c2nc(C(C)C)cc(C(=O)N3CC(C)OC(C)(C)C3)c12. The Morgan fingerprint density at radius 1 is 1.32 bits per heavy atom. The lowest BCUT2D eigenvalue weighted by Crippen LogP contribution is -2.53. The van der Waals surface area contributed by atoms with Crippen molar-refractivity contribution in [3.8, 4) is 0 Å². The minimum absolute atomic E-state index is 0.00740. The van der Waals surface area contributed by atoms with Gasteiger partial charge >= 0.3 is 0 Å². The molecule has 1 fully saturated rings. The van der Waals surface area contributed by atoms with Gasteiger partial charge in [-0.2, -0.15) is 5.10 Å². The Labute approximate surface area is 168 Å². The Balaban J connectivity index is 2.19. The highest BCUT2D eigenvalue weighted by Gasteiger charge is 2.35. The first-order valence-corrected chi connectivity index (χ1v) is 10.2. The minimum atomic E-state index is -0.356. The van der Waals surface area contributed by atoms with E-state index in [2.05, 4.69) is 34.6 Å². The Morgan fingerprint density at radius 2 is 1.96 bits per heavy atom. The maximum atomic E-state index is 13.6. The van der Waals surface area contributed by atoms with Crippen LogP contribution >= 0.6 is 0 Å². The van der Waals surface area contributed by atoms with Crippen molar-refractivity contribution >= 4 is 16.9 Å². The van der Waals surface area contributed by atoms with E-state index in [0.717, 1.165) is 22.4 Å². The molecule has 0 bridgehead atoms. The molecule has 0 N–H and O–H groups in total. The summed E-state index contributed by atoms with van der Waals surface area (Å²) < 4.78 is 7.94. The normalized spacial score (nSPS) is 20.2. The van der Waals surface area contributed by atoms with Gasteiger partial charge in [0.15, 0.2) is 5.65 Å². The van der Waals surface area contributed by atoms with E-state index in [-0.39, 0.29) is 29.1 Å². The molecule has 0 aromatic carbocycles. The number of ether oxygens (including phenoxy) is 1. The molecular formula is C22H34N4O2. The van der Waals surface area contributed by atoms with Crippen LogP contribution in [-0.2, 0) is 10.3 Å². The molecule has 0 spiro atoms. The van der Waals surface area contributed by atoms with Crippen LogP contribution in [0.3, 0.4) is 0 Å². The molecule has 1 atom stereocenters. The summed E-state index contributed by atoms with van der Waals surface area (Å²) in [6, 6.07) is 1.96. The fourth-order valence-corrected chi connectivity index (χ4v) is 4.02. The van der Waals surface area contributed by atoms with Gasteiger partial charge in [0, 0.05) is 18.8 Å². The van der Waals surface area contributed by atoms with E-state index in [0.29, 0.717) is 18.7 Å². The number of fused-ring (bicyclic) bond motifs is 1. The molecule has 3 heterocycles. The van der Waals surface area contributed by atoms with Crippen molar-refractivity contribution in [3.05, 3.63) is 23.0 Å². The van der Waals surface area contributed by atoms with Gasteiger partial charge in [0.2, 0.25) is 0 Å². The molecule has 1 aliphatic heterocycles. The summed E-state index contributed by atoms with van der Waals surface area (Å²) in [4.78, 5) is 20.5. The number of carbonyl (C=O) groups is 1. The number of morpholine rings is 1. The van der Waals surface area contributed by atoms with Gasteiger partial charge in [-0.25, -0.2) is 9.67 Å². The Kier molecular flexibility index (Phi) is 5.07. The second-order valence-corrected chi connectivity index (χ2v) is 9.99. The van der Waals surface area contributed by atoms with E-state index in [1.54, 1.807) is 0 Å². The first kappa shape index (κ1) is 20.8. The number of pyridine rings is 1. The average molecular weight is 387 g/mol. The molecule has 1 saturated heterocycles. The topological polar surface area (TPSA) is 60.2 Å². The number of rotatable bonds is 2. The molecular weight excluding hydrogens is 352 g/mol. The third kappa shape index (κ3) is 3.79. The van der Waals surface area contributed by atoms with Crippen molar-refractivity contribution in [1.29, 1.82) is 0 Å². The summed E-state index contributed by atoms with van der Waals surface area (Å²) in [7, 11) is 0. The minimum Gasteiger partial charge on any atom is -0.369 e. The maximum Gasteiger partial charge on any atom is 0.254 e. The van der Waals surface area contributed by atoms with Crippen LogP contribution in [0.2, 0.25) is 0 Å². The van der Waals surface area contributed by atoms with Gasteiger partial charge < -0.3 is 9.64 Å². The summed E-state index contributed by atoms with van der Waals surface area (Å²) in [5.41, 5.74) is 2.68. The van der Waals surface area contributed by atoms with Gasteiger partial charge in [0.05, 0.1) is 33.9 Å². The third-order valence-corrected chi connectivity index (χ3v) is 5.15. The fraction of sp³-hybridized carbons (Fsp3) is 0.682. The monoisotopic (exact) mass is 386 g/mol. The molecule has 1 unspecified atom stereocenters. The van der Waals surface area contributed by atoms with Gasteiger partial charge in [-0.3, -0.25) is 4.79 Å². The van der Waals surface area contributed by atoms with Crippen molar-refractivity contribution in [1.82, 2.24) is 19.7 Å². The second-order valence-electron chi connectivity index (χ2n) is 9.99. The summed E-state index contributed by atoms with van der Waals surface area (Å²) >= 11 is 0.